The molecule has 0 aliphatic heterocycles. The van der Waals surface area contributed by atoms with Gasteiger partial charge < -0.3 is 19.2 Å². The number of nitrogens with one attached hydrogen (secondary N) is 1. The summed E-state index contributed by atoms with van der Waals surface area (Å²) < 4.78 is 16.0. The molecule has 2 aromatic heterocycles. The summed E-state index contributed by atoms with van der Waals surface area (Å²) in [7, 11) is 0. The number of rotatable bonds is 8. The Hall–Kier alpha value is -2.77. The molecular weight excluding hydrogens is 393 g/mol. The molecule has 0 bridgehead atoms. The lowest BCUT2D eigenvalue weighted by Crippen LogP contribution is -2.32. The Labute approximate surface area is 165 Å². The number of amides is 1. The van der Waals surface area contributed by atoms with E-state index in [9.17, 15) is 4.79 Å². The fourth-order valence-corrected chi connectivity index (χ4v) is 2.44. The van der Waals surface area contributed by atoms with Crippen molar-refractivity contribution in [1.29, 1.82) is 0 Å². The van der Waals surface area contributed by atoms with Crippen molar-refractivity contribution in [2.45, 2.75) is 0 Å². The Morgan fingerprint density at radius 2 is 1.96 bits per heavy atom. The van der Waals surface area contributed by atoms with Crippen LogP contribution in [0.2, 0.25) is 10.0 Å². The molecule has 9 heteroatoms. The zero-order chi connectivity index (χ0) is 19.1. The highest BCUT2D eigenvalue weighted by molar-refractivity contribution is 6.42. The Bertz CT molecular complexity index is 886. The third-order valence-electron chi connectivity index (χ3n) is 3.36. The second-order valence-corrected chi connectivity index (χ2v) is 6.06. The lowest BCUT2D eigenvalue weighted by molar-refractivity contribution is -0.123. The van der Waals surface area contributed by atoms with E-state index in [1.165, 1.54) is 0 Å². The molecule has 1 N–H and O–H groups in total. The Morgan fingerprint density at radius 1 is 1.07 bits per heavy atom. The molecule has 2 heterocycles. The third kappa shape index (κ3) is 5.35. The molecule has 0 spiro atoms. The van der Waals surface area contributed by atoms with Gasteiger partial charge in [-0.3, -0.25) is 4.79 Å². The predicted octanol–water partition coefficient (Wildman–Crippen LogP) is 3.62. The monoisotopic (exact) mass is 407 g/mol. The normalized spacial score (nSPS) is 10.4. The summed E-state index contributed by atoms with van der Waals surface area (Å²) in [6.07, 6.45) is 1.56. The maximum absolute atomic E-state index is 11.8. The van der Waals surface area contributed by atoms with E-state index in [0.29, 0.717) is 28.1 Å². The molecule has 0 saturated carbocycles. The van der Waals surface area contributed by atoms with Crippen LogP contribution in [0, 0.1) is 0 Å². The van der Waals surface area contributed by atoms with Gasteiger partial charge in [0.2, 0.25) is 5.88 Å². The molecule has 1 aromatic carbocycles. The van der Waals surface area contributed by atoms with Crippen molar-refractivity contribution in [1.82, 2.24) is 15.5 Å². The molecule has 7 nitrogen and oxygen atoms in total. The van der Waals surface area contributed by atoms with Crippen LogP contribution in [0.4, 0.5) is 0 Å². The first kappa shape index (κ1) is 19.0. The number of hydrogen-bond acceptors (Lipinski definition) is 6. The van der Waals surface area contributed by atoms with Crippen molar-refractivity contribution in [3.05, 3.63) is 58.8 Å². The molecule has 3 aromatic rings. The molecule has 0 saturated heterocycles. The number of hydrogen-bond donors (Lipinski definition) is 1. The van der Waals surface area contributed by atoms with Crippen LogP contribution in [0.1, 0.15) is 0 Å². The number of aromatic nitrogens is 2. The van der Waals surface area contributed by atoms with Crippen LogP contribution in [-0.4, -0.2) is 35.9 Å². The van der Waals surface area contributed by atoms with Gasteiger partial charge >= 0.3 is 0 Å². The average molecular weight is 408 g/mol. The summed E-state index contributed by atoms with van der Waals surface area (Å²) in [6.45, 7) is 0.337. The molecule has 0 radical (unpaired) electrons. The average Bonchev–Trinajstić information content (AvgIpc) is 3.22. The van der Waals surface area contributed by atoms with E-state index in [0.717, 1.165) is 0 Å². The zero-order valence-corrected chi connectivity index (χ0v) is 15.5. The van der Waals surface area contributed by atoms with Gasteiger partial charge in [0.15, 0.2) is 12.4 Å². The van der Waals surface area contributed by atoms with Crippen LogP contribution in [0.15, 0.2) is 53.1 Å². The number of benzene rings is 1. The van der Waals surface area contributed by atoms with Crippen molar-refractivity contribution < 1.29 is 18.7 Å². The van der Waals surface area contributed by atoms with E-state index in [1.54, 1.807) is 48.7 Å². The summed E-state index contributed by atoms with van der Waals surface area (Å²) in [6, 6.07) is 11.9. The zero-order valence-electron chi connectivity index (χ0n) is 14.0. The molecule has 0 atom stereocenters. The van der Waals surface area contributed by atoms with Gasteiger partial charge in [-0.2, -0.15) is 0 Å². The summed E-state index contributed by atoms with van der Waals surface area (Å²) in [4.78, 5) is 11.8. The number of carbonyl (C=O) groups is 1. The van der Waals surface area contributed by atoms with Gasteiger partial charge in [-0.1, -0.05) is 29.3 Å². The Kier molecular flexibility index (Phi) is 6.51. The molecule has 3 rings (SSSR count). The SMILES string of the molecule is O=C(COc1cccc(Cl)c1Cl)NCCOc1ccc(-c2ccco2)nn1. The molecule has 27 heavy (non-hydrogen) atoms. The molecule has 1 amide bonds. The van der Waals surface area contributed by atoms with Crippen LogP contribution in [0.5, 0.6) is 11.6 Å². The first-order chi connectivity index (χ1) is 13.1. The summed E-state index contributed by atoms with van der Waals surface area (Å²) in [5, 5.41) is 11.3. The number of carbonyl (C=O) groups excluding carboxylic acids is 1. The minimum Gasteiger partial charge on any atom is -0.482 e. The first-order valence-corrected chi connectivity index (χ1v) is 8.73. The lowest BCUT2D eigenvalue weighted by Gasteiger charge is -2.09. The summed E-state index contributed by atoms with van der Waals surface area (Å²) in [5.41, 5.74) is 0.609. The number of ether oxygens (including phenoxy) is 2. The predicted molar refractivity (Wildman–Crippen MR) is 100 cm³/mol. The summed E-state index contributed by atoms with van der Waals surface area (Å²) >= 11 is 11.9. The van der Waals surface area contributed by atoms with Crippen LogP contribution < -0.4 is 14.8 Å². The van der Waals surface area contributed by atoms with Crippen molar-refractivity contribution >= 4 is 29.1 Å². The lowest BCUT2D eigenvalue weighted by atomic mass is 10.3. The largest absolute Gasteiger partial charge is 0.482 e. The quantitative estimate of drug-likeness (QED) is 0.573. The van der Waals surface area contributed by atoms with Crippen LogP contribution >= 0.6 is 23.2 Å². The fourth-order valence-electron chi connectivity index (χ4n) is 2.09. The molecule has 0 aliphatic rings. The molecule has 0 aliphatic carbocycles. The van der Waals surface area contributed by atoms with Crippen molar-refractivity contribution in [3.8, 4) is 23.1 Å². The van der Waals surface area contributed by atoms with E-state index in [-0.39, 0.29) is 30.7 Å². The smallest absolute Gasteiger partial charge is 0.258 e. The second-order valence-electron chi connectivity index (χ2n) is 5.27. The van der Waals surface area contributed by atoms with E-state index < -0.39 is 0 Å². The summed E-state index contributed by atoms with van der Waals surface area (Å²) in [5.74, 6) is 1.01. The standard InChI is InChI=1S/C18H15Cl2N3O4/c19-12-3-1-4-15(18(12)20)27-11-16(24)21-8-10-26-17-7-6-13(22-23-17)14-5-2-9-25-14/h1-7,9H,8,10-11H2,(H,21,24). The van der Waals surface area contributed by atoms with Crippen molar-refractivity contribution in [2.75, 3.05) is 19.8 Å². The number of halogens is 2. The van der Waals surface area contributed by atoms with Crippen LogP contribution in [0.25, 0.3) is 11.5 Å². The van der Waals surface area contributed by atoms with E-state index in [2.05, 4.69) is 15.5 Å². The highest BCUT2D eigenvalue weighted by Crippen LogP contribution is 2.31. The van der Waals surface area contributed by atoms with Crippen molar-refractivity contribution in [3.63, 3.8) is 0 Å². The van der Waals surface area contributed by atoms with Gasteiger partial charge in [-0.15, -0.1) is 10.2 Å². The minimum atomic E-state index is -0.311. The number of nitrogens with zero attached hydrogens (tertiary/aromatic N) is 2. The van der Waals surface area contributed by atoms with Crippen molar-refractivity contribution in [2.24, 2.45) is 0 Å². The highest BCUT2D eigenvalue weighted by Gasteiger charge is 2.08. The minimum absolute atomic E-state index is 0.183. The fraction of sp³-hybridized carbons (Fsp3) is 0.167. The maximum Gasteiger partial charge on any atom is 0.258 e. The second kappa shape index (κ2) is 9.25. The van der Waals surface area contributed by atoms with E-state index in [4.69, 9.17) is 37.1 Å². The highest BCUT2D eigenvalue weighted by atomic mass is 35.5. The van der Waals surface area contributed by atoms with E-state index >= 15 is 0 Å². The van der Waals surface area contributed by atoms with Gasteiger partial charge in [0.25, 0.3) is 5.91 Å². The Morgan fingerprint density at radius 3 is 2.70 bits per heavy atom. The van der Waals surface area contributed by atoms with Gasteiger partial charge in [0.05, 0.1) is 17.8 Å². The molecule has 0 unspecified atom stereocenters. The van der Waals surface area contributed by atoms with Crippen LogP contribution in [-0.2, 0) is 4.79 Å². The van der Waals surface area contributed by atoms with Gasteiger partial charge in [0, 0.05) is 6.07 Å². The topological polar surface area (TPSA) is 86.5 Å². The molecule has 140 valence electrons. The molecule has 0 fully saturated rings. The number of furan rings is 1. The van der Waals surface area contributed by atoms with Gasteiger partial charge in [-0.05, 0) is 30.3 Å². The third-order valence-corrected chi connectivity index (χ3v) is 4.16. The van der Waals surface area contributed by atoms with E-state index in [1.807, 2.05) is 0 Å². The Balaban J connectivity index is 1.37. The molecular formula is C18H15Cl2N3O4. The first-order valence-electron chi connectivity index (χ1n) is 7.97. The van der Waals surface area contributed by atoms with Gasteiger partial charge in [-0.25, -0.2) is 0 Å². The maximum atomic E-state index is 11.8. The van der Waals surface area contributed by atoms with Crippen LogP contribution in [0.3, 0.4) is 0 Å². The van der Waals surface area contributed by atoms with Gasteiger partial charge in [0.1, 0.15) is 23.1 Å².